The minimum atomic E-state index is -0.319. The molecule has 0 spiro atoms. The number of nitrogens with zero attached hydrogens (tertiary/aromatic N) is 3. The van der Waals surface area contributed by atoms with E-state index in [0.717, 1.165) is 0 Å². The molecule has 3 aromatic rings. The van der Waals surface area contributed by atoms with E-state index in [1.54, 1.807) is 41.3 Å². The zero-order valence-corrected chi connectivity index (χ0v) is 13.5. The fraction of sp³-hybridized carbons (Fsp3) is 0.111. The molecule has 126 valence electrons. The Hall–Kier alpha value is -3.48. The van der Waals surface area contributed by atoms with E-state index in [1.807, 2.05) is 18.2 Å². The van der Waals surface area contributed by atoms with Gasteiger partial charge in [0.1, 0.15) is 18.4 Å². The van der Waals surface area contributed by atoms with Crippen molar-refractivity contribution >= 4 is 17.4 Å². The molecule has 0 aliphatic heterocycles. The zero-order valence-electron chi connectivity index (χ0n) is 13.5. The Morgan fingerprint density at radius 3 is 2.76 bits per heavy atom. The fourth-order valence-corrected chi connectivity index (χ4v) is 2.25. The predicted molar refractivity (Wildman–Crippen MR) is 91.9 cm³/mol. The molecule has 25 heavy (non-hydrogen) atoms. The number of aromatic nitrogens is 3. The number of Topliss-reactive ketones (excluding diaryl/α,β-unsaturated/α-hetero) is 1. The minimum Gasteiger partial charge on any atom is -0.484 e. The average molecular weight is 336 g/mol. The molecule has 3 rings (SSSR count). The summed E-state index contributed by atoms with van der Waals surface area (Å²) in [6, 6.07) is 14.0. The molecule has 1 heterocycles. The third-order valence-electron chi connectivity index (χ3n) is 3.45. The van der Waals surface area contributed by atoms with Crippen LogP contribution in [0.4, 0.5) is 5.69 Å². The van der Waals surface area contributed by atoms with Gasteiger partial charge in [0.25, 0.3) is 5.91 Å². The molecule has 0 saturated carbocycles. The van der Waals surface area contributed by atoms with E-state index in [2.05, 4.69) is 15.4 Å². The van der Waals surface area contributed by atoms with E-state index >= 15 is 0 Å². The topological polar surface area (TPSA) is 86.1 Å². The number of carbonyl (C=O) groups is 2. The lowest BCUT2D eigenvalue weighted by molar-refractivity contribution is -0.118. The average Bonchev–Trinajstić information content (AvgIpc) is 3.15. The van der Waals surface area contributed by atoms with Gasteiger partial charge in [0.15, 0.2) is 12.4 Å². The molecule has 0 fully saturated rings. The van der Waals surface area contributed by atoms with Crippen molar-refractivity contribution in [2.24, 2.45) is 0 Å². The summed E-state index contributed by atoms with van der Waals surface area (Å²) in [6.45, 7) is 1.31. The summed E-state index contributed by atoms with van der Waals surface area (Å²) in [5.74, 6) is 0.0878. The second kappa shape index (κ2) is 7.39. The Balaban J connectivity index is 1.66. The largest absolute Gasteiger partial charge is 0.484 e. The molecular weight excluding hydrogens is 320 g/mol. The standard InChI is InChI=1S/C18H16N4O3/c1-13(23)14-5-4-6-15(9-14)25-10-18(24)21-16-7-2-3-8-17(16)22-12-19-11-20-22/h2-9,11-12H,10H2,1H3,(H,21,24). The Morgan fingerprint density at radius 2 is 2.00 bits per heavy atom. The Bertz CT molecular complexity index is 891. The number of hydrogen-bond donors (Lipinski definition) is 1. The first-order valence-electron chi connectivity index (χ1n) is 7.61. The van der Waals surface area contributed by atoms with E-state index < -0.39 is 0 Å². The summed E-state index contributed by atoms with van der Waals surface area (Å²) in [5.41, 5.74) is 1.83. The summed E-state index contributed by atoms with van der Waals surface area (Å²) in [7, 11) is 0. The highest BCUT2D eigenvalue weighted by atomic mass is 16.5. The quantitative estimate of drug-likeness (QED) is 0.699. The predicted octanol–water partition coefficient (Wildman–Crippen LogP) is 2.49. The van der Waals surface area contributed by atoms with Gasteiger partial charge < -0.3 is 10.1 Å². The molecule has 0 aliphatic carbocycles. The van der Waals surface area contributed by atoms with Crippen molar-refractivity contribution in [3.05, 3.63) is 66.7 Å². The lowest BCUT2D eigenvalue weighted by Gasteiger charge is -2.11. The van der Waals surface area contributed by atoms with Gasteiger partial charge in [0.05, 0.1) is 11.4 Å². The number of rotatable bonds is 6. The van der Waals surface area contributed by atoms with Gasteiger partial charge >= 0.3 is 0 Å². The number of anilines is 1. The molecule has 2 aromatic carbocycles. The van der Waals surface area contributed by atoms with Crippen LogP contribution in [-0.4, -0.2) is 33.1 Å². The van der Waals surface area contributed by atoms with Crippen molar-refractivity contribution in [3.8, 4) is 11.4 Å². The van der Waals surface area contributed by atoms with Gasteiger partial charge in [-0.3, -0.25) is 9.59 Å². The van der Waals surface area contributed by atoms with Crippen molar-refractivity contribution < 1.29 is 14.3 Å². The number of ketones is 1. The number of hydrogen-bond acceptors (Lipinski definition) is 5. The summed E-state index contributed by atoms with van der Waals surface area (Å²) >= 11 is 0. The monoisotopic (exact) mass is 336 g/mol. The second-order valence-electron chi connectivity index (χ2n) is 5.28. The lowest BCUT2D eigenvalue weighted by atomic mass is 10.1. The van der Waals surface area contributed by atoms with Crippen molar-refractivity contribution in [1.82, 2.24) is 14.8 Å². The lowest BCUT2D eigenvalue weighted by Crippen LogP contribution is -2.21. The normalized spacial score (nSPS) is 10.3. The number of benzene rings is 2. The highest BCUT2D eigenvalue weighted by Gasteiger charge is 2.10. The molecule has 1 aromatic heterocycles. The van der Waals surface area contributed by atoms with Crippen molar-refractivity contribution in [3.63, 3.8) is 0 Å². The molecule has 1 amide bonds. The smallest absolute Gasteiger partial charge is 0.262 e. The molecular formula is C18H16N4O3. The molecule has 0 aliphatic rings. The molecule has 7 heteroatoms. The first kappa shape index (κ1) is 16.4. The van der Waals surface area contributed by atoms with Crippen LogP contribution in [0.1, 0.15) is 17.3 Å². The summed E-state index contributed by atoms with van der Waals surface area (Å²) in [6.07, 6.45) is 2.97. The van der Waals surface area contributed by atoms with Crippen LogP contribution in [0.25, 0.3) is 5.69 Å². The molecule has 1 N–H and O–H groups in total. The van der Waals surface area contributed by atoms with Gasteiger partial charge in [-0.15, -0.1) is 0 Å². The fourth-order valence-electron chi connectivity index (χ4n) is 2.25. The van der Waals surface area contributed by atoms with E-state index in [1.165, 1.54) is 13.3 Å². The highest BCUT2D eigenvalue weighted by Crippen LogP contribution is 2.19. The second-order valence-corrected chi connectivity index (χ2v) is 5.28. The van der Waals surface area contributed by atoms with Crippen molar-refractivity contribution in [1.29, 1.82) is 0 Å². The Kier molecular flexibility index (Phi) is 4.84. The third-order valence-corrected chi connectivity index (χ3v) is 3.45. The van der Waals surface area contributed by atoms with Crippen LogP contribution in [0.3, 0.4) is 0 Å². The number of para-hydroxylation sites is 2. The van der Waals surface area contributed by atoms with Crippen LogP contribution in [0.5, 0.6) is 5.75 Å². The third kappa shape index (κ3) is 4.08. The summed E-state index contributed by atoms with van der Waals surface area (Å²) < 4.78 is 7.02. The van der Waals surface area contributed by atoms with Gasteiger partial charge in [-0.2, -0.15) is 5.10 Å². The van der Waals surface area contributed by atoms with Crippen LogP contribution in [0.2, 0.25) is 0 Å². The molecule has 0 radical (unpaired) electrons. The van der Waals surface area contributed by atoms with Gasteiger partial charge in [-0.25, -0.2) is 9.67 Å². The Labute approximate surface area is 144 Å². The number of carbonyl (C=O) groups excluding carboxylic acids is 2. The number of amides is 1. The summed E-state index contributed by atoms with van der Waals surface area (Å²) in [4.78, 5) is 27.5. The number of ether oxygens (including phenoxy) is 1. The van der Waals surface area contributed by atoms with Gasteiger partial charge in [0.2, 0.25) is 0 Å². The van der Waals surface area contributed by atoms with E-state index in [4.69, 9.17) is 4.74 Å². The van der Waals surface area contributed by atoms with Crippen LogP contribution in [0.15, 0.2) is 61.2 Å². The van der Waals surface area contributed by atoms with E-state index in [-0.39, 0.29) is 18.3 Å². The van der Waals surface area contributed by atoms with Crippen LogP contribution >= 0.6 is 0 Å². The molecule has 0 unspecified atom stereocenters. The van der Waals surface area contributed by atoms with Crippen LogP contribution in [0, 0.1) is 0 Å². The first-order chi connectivity index (χ1) is 12.1. The van der Waals surface area contributed by atoms with Gasteiger partial charge in [-0.05, 0) is 31.2 Å². The zero-order chi connectivity index (χ0) is 17.6. The summed E-state index contributed by atoms with van der Waals surface area (Å²) in [5, 5.41) is 6.85. The molecule has 7 nitrogen and oxygen atoms in total. The van der Waals surface area contributed by atoms with Crippen LogP contribution in [-0.2, 0) is 4.79 Å². The maximum absolute atomic E-state index is 12.2. The van der Waals surface area contributed by atoms with Crippen molar-refractivity contribution in [2.75, 3.05) is 11.9 Å². The molecule has 0 saturated heterocycles. The van der Waals surface area contributed by atoms with E-state index in [0.29, 0.717) is 22.7 Å². The van der Waals surface area contributed by atoms with Crippen molar-refractivity contribution in [2.45, 2.75) is 6.92 Å². The molecule has 0 bridgehead atoms. The SMILES string of the molecule is CC(=O)c1cccc(OCC(=O)Nc2ccccc2-n2cncn2)c1. The minimum absolute atomic E-state index is 0.0586. The van der Waals surface area contributed by atoms with Crippen LogP contribution < -0.4 is 10.1 Å². The Morgan fingerprint density at radius 1 is 1.16 bits per heavy atom. The van der Waals surface area contributed by atoms with E-state index in [9.17, 15) is 9.59 Å². The molecule has 0 atom stereocenters. The maximum Gasteiger partial charge on any atom is 0.262 e. The van der Waals surface area contributed by atoms with Gasteiger partial charge in [0, 0.05) is 5.56 Å². The highest BCUT2D eigenvalue weighted by molar-refractivity contribution is 5.95. The number of nitrogens with one attached hydrogen (secondary N) is 1. The van der Waals surface area contributed by atoms with Gasteiger partial charge in [-0.1, -0.05) is 24.3 Å². The first-order valence-corrected chi connectivity index (χ1v) is 7.61. The maximum atomic E-state index is 12.2.